The molecule has 0 bridgehead atoms. The topological polar surface area (TPSA) is 42.7 Å². The molecule has 0 amide bonds. The Balaban J connectivity index is 1.90. The van der Waals surface area contributed by atoms with Crippen LogP contribution in [0, 0.1) is 20.8 Å². The Morgan fingerprint density at radius 2 is 1.54 bits per heavy atom. The Kier molecular flexibility index (Phi) is 3.56. The lowest BCUT2D eigenvalue weighted by Crippen LogP contribution is -2.14. The van der Waals surface area contributed by atoms with Gasteiger partial charge in [0.15, 0.2) is 0 Å². The maximum Gasteiger partial charge on any atom is 0.345 e. The fraction of sp³-hybridized carbons (Fsp3) is 0.125. The van der Waals surface area contributed by atoms with Crippen LogP contribution in [0.2, 0.25) is 0 Å². The average Bonchev–Trinajstić information content (AvgIpc) is 2.97. The van der Waals surface area contributed by atoms with E-state index in [2.05, 4.69) is 32.9 Å². The minimum absolute atomic E-state index is 0.381. The molecule has 138 valence electrons. The number of esters is 1. The normalized spacial score (nSPS) is 13.1. The zero-order valence-electron chi connectivity index (χ0n) is 15.9. The molecule has 1 aliphatic heterocycles. The number of furan rings is 1. The van der Waals surface area contributed by atoms with Crippen molar-refractivity contribution in [2.75, 3.05) is 4.90 Å². The summed E-state index contributed by atoms with van der Waals surface area (Å²) in [4.78, 5) is 14.9. The van der Waals surface area contributed by atoms with E-state index in [9.17, 15) is 4.79 Å². The number of fused-ring (bicyclic) bond motifs is 4. The molecule has 4 heteroatoms. The Morgan fingerprint density at radius 1 is 0.857 bits per heavy atom. The van der Waals surface area contributed by atoms with Gasteiger partial charge < -0.3 is 9.15 Å². The maximum absolute atomic E-state index is 12.9. The van der Waals surface area contributed by atoms with Gasteiger partial charge in [0, 0.05) is 0 Å². The van der Waals surface area contributed by atoms with Crippen LogP contribution in [0.25, 0.3) is 11.0 Å². The zero-order valence-corrected chi connectivity index (χ0v) is 15.9. The molecule has 28 heavy (non-hydrogen) atoms. The van der Waals surface area contributed by atoms with Crippen molar-refractivity contribution in [2.24, 2.45) is 0 Å². The van der Waals surface area contributed by atoms with Crippen molar-refractivity contribution >= 4 is 34.2 Å². The molecule has 1 aromatic heterocycles. The summed E-state index contributed by atoms with van der Waals surface area (Å²) in [5.41, 5.74) is 6.35. The molecule has 4 nitrogen and oxygen atoms in total. The smallest absolute Gasteiger partial charge is 0.345 e. The quantitative estimate of drug-likeness (QED) is 0.366. The van der Waals surface area contributed by atoms with Gasteiger partial charge in [-0.1, -0.05) is 42.0 Å². The van der Waals surface area contributed by atoms with E-state index in [1.165, 1.54) is 5.56 Å². The first-order valence-electron chi connectivity index (χ1n) is 9.25. The van der Waals surface area contributed by atoms with Gasteiger partial charge in [-0.25, -0.2) is 4.79 Å². The molecule has 0 saturated heterocycles. The van der Waals surface area contributed by atoms with Gasteiger partial charge in [0.2, 0.25) is 11.6 Å². The number of rotatable bonds is 1. The lowest BCUT2D eigenvalue weighted by Gasteiger charge is -2.26. The van der Waals surface area contributed by atoms with Crippen molar-refractivity contribution in [2.45, 2.75) is 20.8 Å². The highest BCUT2D eigenvalue weighted by Crippen LogP contribution is 2.50. The van der Waals surface area contributed by atoms with Crippen LogP contribution in [0.4, 0.5) is 17.3 Å². The number of benzene rings is 3. The number of para-hydroxylation sites is 2. The van der Waals surface area contributed by atoms with E-state index in [-0.39, 0.29) is 5.97 Å². The number of nitrogens with zero attached hydrogens (tertiary/aromatic N) is 1. The molecular weight excluding hydrogens is 350 g/mol. The van der Waals surface area contributed by atoms with Crippen LogP contribution in [0.15, 0.2) is 65.1 Å². The predicted octanol–water partition coefficient (Wildman–Crippen LogP) is 6.36. The Hall–Kier alpha value is -3.53. The van der Waals surface area contributed by atoms with Crippen LogP contribution in [-0.2, 0) is 0 Å². The first-order chi connectivity index (χ1) is 13.5. The second-order valence-electron chi connectivity index (χ2n) is 7.22. The number of hydrogen-bond acceptors (Lipinski definition) is 4. The molecule has 0 unspecified atom stereocenters. The van der Waals surface area contributed by atoms with Crippen molar-refractivity contribution in [3.8, 4) is 5.75 Å². The average molecular weight is 369 g/mol. The number of anilines is 3. The second kappa shape index (κ2) is 5.99. The lowest BCUT2D eigenvalue weighted by molar-refractivity contribution is 0.0740. The van der Waals surface area contributed by atoms with E-state index < -0.39 is 0 Å². The van der Waals surface area contributed by atoms with Gasteiger partial charge in [0.05, 0.1) is 22.3 Å². The summed E-state index contributed by atoms with van der Waals surface area (Å²) in [5.74, 6) is 0.596. The monoisotopic (exact) mass is 369 g/mol. The third-order valence-corrected chi connectivity index (χ3v) is 5.15. The maximum atomic E-state index is 12.9. The number of carbonyl (C=O) groups is 1. The zero-order chi connectivity index (χ0) is 19.4. The Bertz CT molecular complexity index is 1230. The summed E-state index contributed by atoms with van der Waals surface area (Å²) in [6, 6.07) is 19.4. The van der Waals surface area contributed by atoms with Crippen LogP contribution in [0.5, 0.6) is 5.75 Å². The number of hydrogen-bond donors (Lipinski definition) is 0. The minimum atomic E-state index is -0.381. The Morgan fingerprint density at radius 3 is 2.32 bits per heavy atom. The largest absolute Gasteiger partial charge is 0.436 e. The number of ether oxygens (including phenoxy) is 1. The highest BCUT2D eigenvalue weighted by atomic mass is 16.5. The van der Waals surface area contributed by atoms with Crippen LogP contribution in [-0.4, -0.2) is 5.97 Å². The highest BCUT2D eigenvalue weighted by molar-refractivity contribution is 6.06. The van der Waals surface area contributed by atoms with Crippen LogP contribution in [0.3, 0.4) is 0 Å². The van der Waals surface area contributed by atoms with Gasteiger partial charge in [-0.15, -0.1) is 0 Å². The van der Waals surface area contributed by atoms with E-state index >= 15 is 0 Å². The fourth-order valence-electron chi connectivity index (χ4n) is 4.10. The molecular formula is C24H19NO3. The summed E-state index contributed by atoms with van der Waals surface area (Å²) in [7, 11) is 0. The van der Waals surface area contributed by atoms with Gasteiger partial charge in [0.1, 0.15) is 5.58 Å². The van der Waals surface area contributed by atoms with Crippen molar-refractivity contribution in [3.63, 3.8) is 0 Å². The first-order valence-corrected chi connectivity index (χ1v) is 9.25. The van der Waals surface area contributed by atoms with Gasteiger partial charge in [-0.3, -0.25) is 4.90 Å². The lowest BCUT2D eigenvalue weighted by atomic mass is 10.0. The summed E-state index contributed by atoms with van der Waals surface area (Å²) in [5, 5.41) is 0.783. The standard InChI is InChI=1S/C24H19NO3/c1-14-12-15(2)21(16(3)13-14)25-19-10-6-4-8-17(19)24(26)28-22-18-9-5-7-11-20(18)27-23(22)25/h4-13H,1-3H3. The van der Waals surface area contributed by atoms with E-state index in [1.807, 2.05) is 47.4 Å². The van der Waals surface area contributed by atoms with E-state index in [1.54, 1.807) is 6.07 Å². The van der Waals surface area contributed by atoms with Crippen molar-refractivity contribution in [1.29, 1.82) is 0 Å². The van der Waals surface area contributed by atoms with E-state index in [0.717, 1.165) is 27.9 Å². The number of carbonyl (C=O) groups excluding carboxylic acids is 1. The van der Waals surface area contributed by atoms with Crippen LogP contribution >= 0.6 is 0 Å². The summed E-state index contributed by atoms with van der Waals surface area (Å²) < 4.78 is 12.0. The molecule has 0 saturated carbocycles. The molecule has 5 rings (SSSR count). The molecule has 0 fully saturated rings. The van der Waals surface area contributed by atoms with Gasteiger partial charge in [0.25, 0.3) is 0 Å². The predicted molar refractivity (Wildman–Crippen MR) is 110 cm³/mol. The third kappa shape index (κ3) is 2.34. The van der Waals surface area contributed by atoms with Crippen molar-refractivity contribution in [1.82, 2.24) is 0 Å². The molecule has 0 aliphatic carbocycles. The number of aryl methyl sites for hydroxylation is 3. The van der Waals surface area contributed by atoms with Gasteiger partial charge in [-0.2, -0.15) is 0 Å². The molecule has 0 radical (unpaired) electrons. The summed E-state index contributed by atoms with van der Waals surface area (Å²) in [6.07, 6.45) is 0. The van der Waals surface area contributed by atoms with Crippen LogP contribution < -0.4 is 9.64 Å². The Labute approximate surface area is 163 Å². The molecule has 4 aromatic rings. The van der Waals surface area contributed by atoms with E-state index in [4.69, 9.17) is 9.15 Å². The van der Waals surface area contributed by atoms with Crippen LogP contribution in [0.1, 0.15) is 27.0 Å². The molecule has 2 heterocycles. The van der Waals surface area contributed by atoms with Crippen molar-refractivity contribution < 1.29 is 13.9 Å². The molecule has 3 aromatic carbocycles. The summed E-state index contributed by atoms with van der Waals surface area (Å²) >= 11 is 0. The fourth-order valence-corrected chi connectivity index (χ4v) is 4.10. The first kappa shape index (κ1) is 16.6. The molecule has 0 atom stereocenters. The van der Waals surface area contributed by atoms with Gasteiger partial charge >= 0.3 is 5.97 Å². The third-order valence-electron chi connectivity index (χ3n) is 5.15. The second-order valence-corrected chi connectivity index (χ2v) is 7.22. The molecule has 0 spiro atoms. The SMILES string of the molecule is Cc1cc(C)c(N2c3ccccc3C(=O)Oc3c2oc2ccccc32)c(C)c1. The minimum Gasteiger partial charge on any atom is -0.436 e. The highest BCUT2D eigenvalue weighted by Gasteiger charge is 2.33. The van der Waals surface area contributed by atoms with E-state index in [0.29, 0.717) is 22.8 Å². The summed E-state index contributed by atoms with van der Waals surface area (Å²) in [6.45, 7) is 6.24. The van der Waals surface area contributed by atoms with Crippen molar-refractivity contribution in [3.05, 3.63) is 82.9 Å². The van der Waals surface area contributed by atoms with Gasteiger partial charge in [-0.05, 0) is 56.2 Å². The molecule has 1 aliphatic rings. The molecule has 0 N–H and O–H groups in total.